The Labute approximate surface area is 131 Å². The molecule has 20 heavy (non-hydrogen) atoms. The molecule has 2 heterocycles. The molecule has 0 amide bonds. The van der Waals surface area contributed by atoms with E-state index >= 15 is 0 Å². The van der Waals surface area contributed by atoms with Gasteiger partial charge in [-0.2, -0.15) is 0 Å². The monoisotopic (exact) mass is 349 g/mol. The minimum Gasteiger partial charge on any atom is -0.269 e. The van der Waals surface area contributed by atoms with Gasteiger partial charge in [0, 0.05) is 22.3 Å². The van der Waals surface area contributed by atoms with E-state index in [1.807, 2.05) is 6.07 Å². The van der Waals surface area contributed by atoms with Crippen LogP contribution >= 0.6 is 27.5 Å². The lowest BCUT2D eigenvalue weighted by Crippen LogP contribution is -2.27. The molecule has 0 aromatic heterocycles. The zero-order valence-electron chi connectivity index (χ0n) is 10.7. The summed E-state index contributed by atoms with van der Waals surface area (Å²) in [6, 6.07) is 14.8. The zero-order valence-corrected chi connectivity index (χ0v) is 13.1. The maximum atomic E-state index is 6.10. The summed E-state index contributed by atoms with van der Waals surface area (Å²) in [4.78, 5) is 6.04. The van der Waals surface area contributed by atoms with Gasteiger partial charge < -0.3 is 0 Å². The third-order valence-electron chi connectivity index (χ3n) is 4.01. The van der Waals surface area contributed by atoms with Gasteiger partial charge in [-0.05, 0) is 41.5 Å². The minimum absolute atomic E-state index is 0.259. The van der Waals surface area contributed by atoms with Gasteiger partial charge in [0.05, 0.1) is 17.8 Å². The summed E-state index contributed by atoms with van der Waals surface area (Å²) in [5, 5.41) is 2.86. The first-order valence-electron chi connectivity index (χ1n) is 6.70. The number of hydrogen-bond donors (Lipinski definition) is 0. The van der Waals surface area contributed by atoms with Crippen LogP contribution in [0.15, 0.2) is 46.9 Å². The van der Waals surface area contributed by atoms with E-state index in [4.69, 9.17) is 16.4 Å². The van der Waals surface area contributed by atoms with E-state index in [0.717, 1.165) is 28.0 Å². The fourth-order valence-corrected chi connectivity index (χ4v) is 3.56. The fraction of sp³-hybridized carbons (Fsp3) is 0.250. The second-order valence-electron chi connectivity index (χ2n) is 5.33. The SMILES string of the molecule is Clc1ccc2c(c1)C[C@@H]1C[C@@H](c3ccc(Br)cc3)N2O1. The molecule has 2 aliphatic rings. The Balaban J connectivity index is 1.75. The first-order chi connectivity index (χ1) is 9.70. The minimum atomic E-state index is 0.259. The molecule has 2 aromatic carbocycles. The van der Waals surface area contributed by atoms with E-state index in [1.54, 1.807) is 0 Å². The molecule has 0 spiro atoms. The maximum Gasteiger partial charge on any atom is 0.0921 e. The molecular formula is C16H13BrClNO. The third kappa shape index (κ3) is 2.05. The predicted molar refractivity (Wildman–Crippen MR) is 84.0 cm³/mol. The van der Waals surface area contributed by atoms with E-state index in [1.165, 1.54) is 11.1 Å². The van der Waals surface area contributed by atoms with Crippen LogP contribution in [0, 0.1) is 0 Å². The van der Waals surface area contributed by atoms with Crippen molar-refractivity contribution >= 4 is 33.2 Å². The van der Waals surface area contributed by atoms with E-state index in [0.29, 0.717) is 0 Å². The van der Waals surface area contributed by atoms with Gasteiger partial charge in [-0.25, -0.2) is 5.06 Å². The highest BCUT2D eigenvalue weighted by molar-refractivity contribution is 9.10. The molecule has 4 rings (SSSR count). The van der Waals surface area contributed by atoms with Crippen molar-refractivity contribution in [2.75, 3.05) is 5.06 Å². The molecule has 0 N–H and O–H groups in total. The Morgan fingerprint density at radius 1 is 1.15 bits per heavy atom. The lowest BCUT2D eigenvalue weighted by molar-refractivity contribution is 0.0734. The van der Waals surface area contributed by atoms with Crippen molar-refractivity contribution in [3.05, 3.63) is 63.1 Å². The molecule has 2 aliphatic heterocycles. The molecule has 0 radical (unpaired) electrons. The van der Waals surface area contributed by atoms with Gasteiger partial charge in [0.2, 0.25) is 0 Å². The van der Waals surface area contributed by atoms with E-state index in [9.17, 15) is 0 Å². The van der Waals surface area contributed by atoms with Crippen molar-refractivity contribution < 1.29 is 4.84 Å². The van der Waals surface area contributed by atoms with Crippen LogP contribution in [0.1, 0.15) is 23.6 Å². The third-order valence-corrected chi connectivity index (χ3v) is 4.78. The average molecular weight is 351 g/mol. The van der Waals surface area contributed by atoms with Crippen molar-refractivity contribution in [1.82, 2.24) is 0 Å². The van der Waals surface area contributed by atoms with Crippen LogP contribution < -0.4 is 5.06 Å². The first-order valence-corrected chi connectivity index (χ1v) is 7.88. The highest BCUT2D eigenvalue weighted by Gasteiger charge is 2.39. The summed E-state index contributed by atoms with van der Waals surface area (Å²) < 4.78 is 1.10. The van der Waals surface area contributed by atoms with Crippen LogP contribution in [0.3, 0.4) is 0 Å². The number of rotatable bonds is 1. The molecule has 2 bridgehead atoms. The number of anilines is 1. The fourth-order valence-electron chi connectivity index (χ4n) is 3.10. The van der Waals surface area contributed by atoms with Crippen molar-refractivity contribution in [2.45, 2.75) is 25.0 Å². The van der Waals surface area contributed by atoms with Gasteiger partial charge in [-0.1, -0.05) is 39.7 Å². The lowest BCUT2D eigenvalue weighted by atomic mass is 10.0. The second-order valence-corrected chi connectivity index (χ2v) is 6.69. The van der Waals surface area contributed by atoms with Crippen molar-refractivity contribution in [1.29, 1.82) is 0 Å². The normalized spacial score (nSPS) is 23.8. The Bertz CT molecular complexity index is 658. The Hall–Kier alpha value is -1.03. The van der Waals surface area contributed by atoms with Gasteiger partial charge in [-0.15, -0.1) is 0 Å². The molecule has 4 heteroatoms. The molecule has 1 saturated heterocycles. The Morgan fingerprint density at radius 2 is 1.95 bits per heavy atom. The number of fused-ring (bicyclic) bond motifs is 4. The number of hydroxylamine groups is 1. The summed E-state index contributed by atoms with van der Waals surface area (Å²) in [6.07, 6.45) is 2.22. The maximum absolute atomic E-state index is 6.10. The van der Waals surface area contributed by atoms with Crippen molar-refractivity contribution in [3.63, 3.8) is 0 Å². The average Bonchev–Trinajstić information content (AvgIpc) is 2.78. The van der Waals surface area contributed by atoms with Gasteiger partial charge in [-0.3, -0.25) is 4.84 Å². The summed E-state index contributed by atoms with van der Waals surface area (Å²) >= 11 is 9.58. The summed E-state index contributed by atoms with van der Waals surface area (Å²) in [7, 11) is 0. The molecule has 1 fully saturated rings. The first kappa shape index (κ1) is 12.7. The molecular weight excluding hydrogens is 338 g/mol. The van der Waals surface area contributed by atoms with Gasteiger partial charge in [0.25, 0.3) is 0 Å². The topological polar surface area (TPSA) is 12.5 Å². The quantitative estimate of drug-likeness (QED) is 0.724. The molecule has 2 aromatic rings. The van der Waals surface area contributed by atoms with Crippen molar-refractivity contribution in [3.8, 4) is 0 Å². The molecule has 2 nitrogen and oxygen atoms in total. The van der Waals surface area contributed by atoms with Gasteiger partial charge >= 0.3 is 0 Å². The molecule has 102 valence electrons. The second kappa shape index (κ2) is 4.76. The Kier molecular flexibility index (Phi) is 3.02. The summed E-state index contributed by atoms with van der Waals surface area (Å²) in [5.41, 5.74) is 3.72. The predicted octanol–water partition coefficient (Wildman–Crippen LogP) is 4.91. The van der Waals surface area contributed by atoms with E-state index < -0.39 is 0 Å². The van der Waals surface area contributed by atoms with E-state index in [2.05, 4.69) is 57.4 Å². The number of hydrogen-bond acceptors (Lipinski definition) is 2. The zero-order chi connectivity index (χ0) is 13.7. The van der Waals surface area contributed by atoms with Crippen LogP contribution in [-0.4, -0.2) is 6.10 Å². The van der Waals surface area contributed by atoms with Crippen LogP contribution in [0.5, 0.6) is 0 Å². The molecule has 2 atom stereocenters. The number of nitrogens with zero attached hydrogens (tertiary/aromatic N) is 1. The van der Waals surface area contributed by atoms with Gasteiger partial charge in [0.15, 0.2) is 0 Å². The standard InChI is InChI=1S/C16H13BrClNO/c17-12-3-1-10(2-4-12)16-9-14-8-11-7-13(18)5-6-15(11)19(16)20-14/h1-7,14,16H,8-9H2/t14-,16+/m1/s1. The van der Waals surface area contributed by atoms with Crippen LogP contribution in [0.2, 0.25) is 5.02 Å². The number of halogens is 2. The summed E-state index contributed by atoms with van der Waals surface area (Å²) in [5.74, 6) is 0. The van der Waals surface area contributed by atoms with E-state index in [-0.39, 0.29) is 12.1 Å². The lowest BCUT2D eigenvalue weighted by Gasteiger charge is -2.30. The largest absolute Gasteiger partial charge is 0.269 e. The van der Waals surface area contributed by atoms with Crippen LogP contribution in [0.4, 0.5) is 5.69 Å². The molecule has 0 unspecified atom stereocenters. The van der Waals surface area contributed by atoms with Gasteiger partial charge in [0.1, 0.15) is 0 Å². The van der Waals surface area contributed by atoms with Crippen molar-refractivity contribution in [2.24, 2.45) is 0 Å². The van der Waals surface area contributed by atoms with Crippen LogP contribution in [0.25, 0.3) is 0 Å². The Morgan fingerprint density at radius 3 is 2.75 bits per heavy atom. The molecule has 0 saturated carbocycles. The highest BCUT2D eigenvalue weighted by atomic mass is 79.9. The smallest absolute Gasteiger partial charge is 0.0921 e. The molecule has 0 aliphatic carbocycles. The van der Waals surface area contributed by atoms with Crippen LogP contribution in [-0.2, 0) is 11.3 Å². The summed E-state index contributed by atoms with van der Waals surface area (Å²) in [6.45, 7) is 0. The number of benzene rings is 2. The highest BCUT2D eigenvalue weighted by Crippen LogP contribution is 2.45.